The van der Waals surface area contributed by atoms with Crippen LogP contribution < -0.4 is 0 Å². The summed E-state index contributed by atoms with van der Waals surface area (Å²) in [6, 6.07) is 13.1. The van der Waals surface area contributed by atoms with Gasteiger partial charge in [0.15, 0.2) is 0 Å². The Labute approximate surface area is 173 Å². The number of ether oxygens (including phenoxy) is 1. The van der Waals surface area contributed by atoms with Gasteiger partial charge < -0.3 is 4.74 Å². The largest absolute Gasteiger partial charge is 0.465 e. The number of sulfonamides is 1. The van der Waals surface area contributed by atoms with Crippen molar-refractivity contribution in [2.24, 2.45) is 0 Å². The first-order valence-corrected chi connectivity index (χ1v) is 10.9. The monoisotopic (exact) mass is 473 g/mol. The van der Waals surface area contributed by atoms with Gasteiger partial charge in [0.2, 0.25) is 10.0 Å². The Morgan fingerprint density at radius 2 is 1.81 bits per heavy atom. The Kier molecular flexibility index (Phi) is 7.08. The first-order chi connectivity index (χ1) is 12.6. The molecule has 0 saturated carbocycles. The molecule has 146 valence electrons. The van der Waals surface area contributed by atoms with E-state index in [1.165, 1.54) is 26.0 Å². The molecule has 0 fully saturated rings. The average molecular weight is 475 g/mol. The highest BCUT2D eigenvalue weighted by Crippen LogP contribution is 2.29. The Morgan fingerprint density at radius 1 is 1.19 bits per heavy atom. The molecule has 0 aliphatic heterocycles. The van der Waals surface area contributed by atoms with Crippen LogP contribution in [0.2, 0.25) is 5.02 Å². The van der Waals surface area contributed by atoms with E-state index in [4.69, 9.17) is 16.3 Å². The lowest BCUT2D eigenvalue weighted by Gasteiger charge is -2.35. The molecular weight excluding hydrogens is 454 g/mol. The fraction of sp³-hybridized carbons (Fsp3) is 0.316. The summed E-state index contributed by atoms with van der Waals surface area (Å²) in [4.78, 5) is 12.6. The van der Waals surface area contributed by atoms with E-state index in [1.807, 2.05) is 0 Å². The van der Waals surface area contributed by atoms with Gasteiger partial charge in [-0.1, -0.05) is 39.7 Å². The molecule has 0 saturated heterocycles. The molecule has 2 rings (SSSR count). The van der Waals surface area contributed by atoms with Crippen LogP contribution in [0.4, 0.5) is 0 Å². The van der Waals surface area contributed by atoms with Crippen molar-refractivity contribution in [3.8, 4) is 0 Å². The van der Waals surface area contributed by atoms with Gasteiger partial charge in [-0.25, -0.2) is 8.42 Å². The molecule has 0 amide bonds. The number of carbonyl (C=O) groups is 1. The molecule has 27 heavy (non-hydrogen) atoms. The van der Waals surface area contributed by atoms with Crippen LogP contribution in [-0.4, -0.2) is 30.8 Å². The Morgan fingerprint density at radius 3 is 2.37 bits per heavy atom. The summed E-state index contributed by atoms with van der Waals surface area (Å²) in [5.74, 6) is -0.618. The second-order valence-corrected chi connectivity index (χ2v) is 9.59. The fourth-order valence-corrected chi connectivity index (χ4v) is 4.73. The van der Waals surface area contributed by atoms with Crippen LogP contribution >= 0.6 is 27.5 Å². The lowest BCUT2D eigenvalue weighted by atomic mass is 10.1. The van der Waals surface area contributed by atoms with Gasteiger partial charge in [0.05, 0.1) is 11.5 Å². The van der Waals surface area contributed by atoms with E-state index in [2.05, 4.69) is 15.9 Å². The van der Waals surface area contributed by atoms with Gasteiger partial charge in [0, 0.05) is 16.0 Å². The molecule has 0 unspecified atom stereocenters. The molecule has 2 aromatic carbocycles. The minimum atomic E-state index is -3.98. The van der Waals surface area contributed by atoms with E-state index in [0.717, 1.165) is 8.78 Å². The minimum Gasteiger partial charge on any atom is -0.465 e. The molecule has 0 atom stereocenters. The highest BCUT2D eigenvalue weighted by Gasteiger charge is 2.43. The van der Waals surface area contributed by atoms with Crippen LogP contribution in [0.1, 0.15) is 26.3 Å². The fourth-order valence-electron chi connectivity index (χ4n) is 2.53. The maximum absolute atomic E-state index is 13.4. The third kappa shape index (κ3) is 5.10. The average Bonchev–Trinajstić information content (AvgIpc) is 2.60. The molecule has 8 heteroatoms. The standard InChI is InChI=1S/C19H21BrClNO4S/c1-4-26-18(23)19(2,3)22(13-14-6-5-7-16(21)12-14)27(24,25)17-10-8-15(20)9-11-17/h5-12H,4,13H2,1-3H3. The van der Waals surface area contributed by atoms with Crippen molar-refractivity contribution >= 4 is 43.5 Å². The third-order valence-electron chi connectivity index (χ3n) is 4.02. The molecule has 5 nitrogen and oxygen atoms in total. The summed E-state index contributed by atoms with van der Waals surface area (Å²) in [6.45, 7) is 4.88. The summed E-state index contributed by atoms with van der Waals surface area (Å²) in [6.07, 6.45) is 0. The van der Waals surface area contributed by atoms with Gasteiger partial charge in [-0.2, -0.15) is 4.31 Å². The molecule has 0 N–H and O–H groups in total. The lowest BCUT2D eigenvalue weighted by molar-refractivity contribution is -0.153. The lowest BCUT2D eigenvalue weighted by Crippen LogP contribution is -2.53. The molecular formula is C19H21BrClNO4S. The maximum atomic E-state index is 13.4. The van der Waals surface area contributed by atoms with E-state index in [9.17, 15) is 13.2 Å². The number of benzene rings is 2. The van der Waals surface area contributed by atoms with E-state index in [-0.39, 0.29) is 18.0 Å². The molecule has 0 spiro atoms. The van der Waals surface area contributed by atoms with Crippen LogP contribution in [0.3, 0.4) is 0 Å². The van der Waals surface area contributed by atoms with Gasteiger partial charge in [0.25, 0.3) is 0 Å². The zero-order valence-electron chi connectivity index (χ0n) is 15.3. The Balaban J connectivity index is 2.54. The number of carbonyl (C=O) groups excluding carboxylic acids is 1. The SMILES string of the molecule is CCOC(=O)C(C)(C)N(Cc1cccc(Cl)c1)S(=O)(=O)c1ccc(Br)cc1. The number of rotatable bonds is 7. The molecule has 0 bridgehead atoms. The van der Waals surface area contributed by atoms with E-state index < -0.39 is 21.5 Å². The van der Waals surface area contributed by atoms with E-state index in [1.54, 1.807) is 43.3 Å². The second kappa shape index (κ2) is 8.73. The number of hydrogen-bond acceptors (Lipinski definition) is 4. The van der Waals surface area contributed by atoms with Gasteiger partial charge in [-0.05, 0) is 62.7 Å². The van der Waals surface area contributed by atoms with Crippen LogP contribution in [0, 0.1) is 0 Å². The zero-order chi connectivity index (χ0) is 20.2. The topological polar surface area (TPSA) is 63.7 Å². The number of esters is 1. The van der Waals surface area contributed by atoms with Crippen molar-refractivity contribution < 1.29 is 17.9 Å². The second-order valence-electron chi connectivity index (χ2n) is 6.38. The first kappa shape index (κ1) is 21.9. The van der Waals surface area contributed by atoms with E-state index >= 15 is 0 Å². The smallest absolute Gasteiger partial charge is 0.327 e. The van der Waals surface area contributed by atoms with Crippen LogP contribution in [0.25, 0.3) is 0 Å². The van der Waals surface area contributed by atoms with E-state index in [0.29, 0.717) is 10.6 Å². The van der Waals surface area contributed by atoms with Gasteiger partial charge in [-0.3, -0.25) is 4.79 Å². The number of halogens is 2. The normalized spacial score (nSPS) is 12.2. The Bertz CT molecular complexity index is 914. The third-order valence-corrected chi connectivity index (χ3v) is 6.81. The van der Waals surface area contributed by atoms with Crippen molar-refractivity contribution in [3.63, 3.8) is 0 Å². The van der Waals surface area contributed by atoms with Crippen molar-refractivity contribution in [2.75, 3.05) is 6.61 Å². The maximum Gasteiger partial charge on any atom is 0.327 e. The first-order valence-electron chi connectivity index (χ1n) is 8.29. The van der Waals surface area contributed by atoms with Gasteiger partial charge in [-0.15, -0.1) is 0 Å². The number of hydrogen-bond donors (Lipinski definition) is 0. The molecule has 2 aromatic rings. The summed E-state index contributed by atoms with van der Waals surface area (Å²) in [5.41, 5.74) is -0.745. The zero-order valence-corrected chi connectivity index (χ0v) is 18.4. The van der Waals surface area contributed by atoms with Crippen LogP contribution in [-0.2, 0) is 26.1 Å². The van der Waals surface area contributed by atoms with Crippen molar-refractivity contribution in [1.82, 2.24) is 4.31 Å². The van der Waals surface area contributed by atoms with Crippen molar-refractivity contribution in [3.05, 3.63) is 63.6 Å². The van der Waals surface area contributed by atoms with Crippen LogP contribution in [0.5, 0.6) is 0 Å². The molecule has 0 aromatic heterocycles. The minimum absolute atomic E-state index is 0.0230. The summed E-state index contributed by atoms with van der Waals surface area (Å²) in [7, 11) is -3.98. The van der Waals surface area contributed by atoms with Gasteiger partial charge >= 0.3 is 5.97 Å². The van der Waals surface area contributed by atoms with Crippen LogP contribution in [0.15, 0.2) is 57.9 Å². The summed E-state index contributed by atoms with van der Waals surface area (Å²) < 4.78 is 33.7. The molecule has 0 aliphatic rings. The predicted molar refractivity (Wildman–Crippen MR) is 109 cm³/mol. The number of nitrogens with zero attached hydrogens (tertiary/aromatic N) is 1. The Hall–Kier alpha value is -1.41. The molecule has 0 heterocycles. The highest BCUT2D eigenvalue weighted by atomic mass is 79.9. The van der Waals surface area contributed by atoms with Crippen molar-refractivity contribution in [2.45, 2.75) is 37.8 Å². The van der Waals surface area contributed by atoms with Gasteiger partial charge in [0.1, 0.15) is 5.54 Å². The predicted octanol–water partition coefficient (Wildman–Crippen LogP) is 4.64. The highest BCUT2D eigenvalue weighted by molar-refractivity contribution is 9.10. The summed E-state index contributed by atoms with van der Waals surface area (Å²) >= 11 is 9.34. The molecule has 0 radical (unpaired) electrons. The summed E-state index contributed by atoms with van der Waals surface area (Å²) in [5, 5.41) is 0.488. The molecule has 0 aliphatic carbocycles. The quantitative estimate of drug-likeness (QED) is 0.549. The van der Waals surface area contributed by atoms with Crippen molar-refractivity contribution in [1.29, 1.82) is 0 Å².